The maximum atomic E-state index is 12.4. The molecule has 1 nitrogen and oxygen atoms in total. The Kier molecular flexibility index (Phi) is 6.81. The van der Waals surface area contributed by atoms with E-state index in [4.69, 9.17) is 34.4 Å². The Balaban J connectivity index is 0.000000492. The lowest BCUT2D eigenvalue weighted by atomic mass is 10.4. The van der Waals surface area contributed by atoms with Crippen molar-refractivity contribution in [2.75, 3.05) is 5.34 Å². The second kappa shape index (κ2) is 7.86. The number of hydrogen-bond donors (Lipinski definition) is 0. The zero-order chi connectivity index (χ0) is 13.4. The molecule has 96 valence electrons. The van der Waals surface area contributed by atoms with Gasteiger partial charge < -0.3 is 0 Å². The van der Waals surface area contributed by atoms with Crippen molar-refractivity contribution in [3.8, 4) is 0 Å². The molecule has 0 aromatic heterocycles. The predicted octanol–water partition coefficient (Wildman–Crippen LogP) is 4.58. The van der Waals surface area contributed by atoms with Gasteiger partial charge in [0, 0.05) is 10.6 Å². The Labute approximate surface area is 122 Å². The Bertz CT molecular complexity index is 459. The molecule has 5 heteroatoms. The van der Waals surface area contributed by atoms with Crippen LogP contribution in [0.2, 0.25) is 0 Å². The second-order valence-corrected chi connectivity index (χ2v) is 7.64. The fraction of sp³-hybridized carbons (Fsp3) is 0.0769. The van der Waals surface area contributed by atoms with Gasteiger partial charge in [-0.15, -0.1) is 23.2 Å². The molecule has 18 heavy (non-hydrogen) atoms. The average molecular weight is 322 g/mol. The molecule has 2 rings (SSSR count). The molecule has 0 heterocycles. The molecule has 2 aromatic rings. The minimum absolute atomic E-state index is 0.194. The highest BCUT2D eigenvalue weighted by Gasteiger charge is 2.23. The molecule has 0 amide bonds. The minimum Gasteiger partial charge on any atom is -0.296 e. The van der Waals surface area contributed by atoms with Crippen LogP contribution in [-0.2, 0) is 4.57 Å². The van der Waals surface area contributed by atoms with Crippen molar-refractivity contribution in [3.05, 3.63) is 60.7 Å². The Morgan fingerprint density at radius 2 is 1.06 bits per heavy atom. The molecule has 0 bridgehead atoms. The molecule has 0 radical (unpaired) electrons. The van der Waals surface area contributed by atoms with Gasteiger partial charge in [-0.25, -0.2) is 0 Å². The molecule has 0 aliphatic heterocycles. The van der Waals surface area contributed by atoms with Crippen LogP contribution in [0.5, 0.6) is 0 Å². The first kappa shape index (κ1) is 15.6. The lowest BCUT2D eigenvalue weighted by Gasteiger charge is -2.10. The van der Waals surface area contributed by atoms with Crippen molar-refractivity contribution in [2.45, 2.75) is 0 Å². The maximum absolute atomic E-state index is 12.4. The molecule has 2 aromatic carbocycles. The molecular formula is C13H12Cl3OP. The third-order valence-corrected chi connectivity index (χ3v) is 5.27. The largest absolute Gasteiger partial charge is 0.296 e. The molecular weight excluding hydrogens is 309 g/mol. The number of halogens is 3. The highest BCUT2D eigenvalue weighted by atomic mass is 35.7. The zero-order valence-corrected chi connectivity index (χ0v) is 12.6. The van der Waals surface area contributed by atoms with Gasteiger partial charge in [-0.2, -0.15) is 0 Å². The summed E-state index contributed by atoms with van der Waals surface area (Å²) in [5.74, 6) is 0. The number of alkyl halides is 2. The third-order valence-electron chi connectivity index (χ3n) is 2.18. The second-order valence-electron chi connectivity index (χ2n) is 3.30. The zero-order valence-electron chi connectivity index (χ0n) is 9.47. The van der Waals surface area contributed by atoms with Gasteiger partial charge in [0.15, 0.2) is 0 Å². The van der Waals surface area contributed by atoms with Crippen LogP contribution in [0, 0.1) is 0 Å². The Hall–Kier alpha value is -0.460. The van der Waals surface area contributed by atoms with Crippen LogP contribution in [0.4, 0.5) is 0 Å². The van der Waals surface area contributed by atoms with Crippen LogP contribution in [-0.4, -0.2) is 5.34 Å². The fourth-order valence-electron chi connectivity index (χ4n) is 1.39. The van der Waals surface area contributed by atoms with Gasteiger partial charge >= 0.3 is 0 Å². The standard InChI is InChI=1S/C12H10ClOP.CH2Cl2/c13-15(14,11-7-3-1-4-8-11)12-9-5-2-6-10-12;2-1-3/h1-10H;1H2. The smallest absolute Gasteiger partial charge is 0.225 e. The van der Waals surface area contributed by atoms with Crippen LogP contribution in [0.3, 0.4) is 0 Å². The van der Waals surface area contributed by atoms with E-state index in [9.17, 15) is 4.57 Å². The van der Waals surface area contributed by atoms with Crippen LogP contribution in [0.1, 0.15) is 0 Å². The molecule has 0 N–H and O–H groups in total. The van der Waals surface area contributed by atoms with E-state index in [1.807, 2.05) is 36.4 Å². The molecule has 0 atom stereocenters. The summed E-state index contributed by atoms with van der Waals surface area (Å²) in [6, 6.07) is 18.3. The summed E-state index contributed by atoms with van der Waals surface area (Å²) < 4.78 is 12.4. The first-order valence-corrected chi connectivity index (χ1v) is 8.84. The number of benzene rings is 2. The fourth-order valence-corrected chi connectivity index (χ4v) is 3.47. The third kappa shape index (κ3) is 4.33. The van der Waals surface area contributed by atoms with Crippen molar-refractivity contribution < 1.29 is 4.57 Å². The molecule has 0 saturated heterocycles. The monoisotopic (exact) mass is 320 g/mol. The van der Waals surface area contributed by atoms with Gasteiger partial charge in [-0.05, 0) is 11.2 Å². The first-order valence-electron chi connectivity index (χ1n) is 5.15. The molecule has 0 aliphatic rings. The van der Waals surface area contributed by atoms with Crippen molar-refractivity contribution in [1.29, 1.82) is 0 Å². The average Bonchev–Trinajstić information content (AvgIpc) is 2.42. The molecule has 0 spiro atoms. The number of rotatable bonds is 2. The minimum atomic E-state index is -2.93. The summed E-state index contributed by atoms with van der Waals surface area (Å²) in [6.07, 6.45) is 0. The maximum Gasteiger partial charge on any atom is 0.225 e. The summed E-state index contributed by atoms with van der Waals surface area (Å²) in [6.45, 7) is -2.93. The highest BCUT2D eigenvalue weighted by molar-refractivity contribution is 8.00. The van der Waals surface area contributed by atoms with E-state index in [2.05, 4.69) is 0 Å². The number of hydrogen-bond acceptors (Lipinski definition) is 1. The Morgan fingerprint density at radius 1 is 0.778 bits per heavy atom. The van der Waals surface area contributed by atoms with Crippen molar-refractivity contribution in [1.82, 2.24) is 0 Å². The molecule has 0 unspecified atom stereocenters. The van der Waals surface area contributed by atoms with Crippen molar-refractivity contribution in [3.63, 3.8) is 0 Å². The van der Waals surface area contributed by atoms with Gasteiger partial charge in [0.05, 0.1) is 5.34 Å². The van der Waals surface area contributed by atoms with Gasteiger partial charge in [0.25, 0.3) is 0 Å². The SMILES string of the molecule is ClCCl.O=P(Cl)(c1ccccc1)c1ccccc1. The van der Waals surface area contributed by atoms with E-state index in [-0.39, 0.29) is 5.34 Å². The summed E-state index contributed by atoms with van der Waals surface area (Å²) in [5.41, 5.74) is 0. The van der Waals surface area contributed by atoms with E-state index in [1.165, 1.54) is 0 Å². The topological polar surface area (TPSA) is 17.1 Å². The van der Waals surface area contributed by atoms with Gasteiger partial charge in [0.2, 0.25) is 6.49 Å². The predicted molar refractivity (Wildman–Crippen MR) is 82.2 cm³/mol. The summed E-state index contributed by atoms with van der Waals surface area (Å²) in [4.78, 5) is 0. The van der Waals surface area contributed by atoms with E-state index in [0.29, 0.717) is 10.6 Å². The lowest BCUT2D eigenvalue weighted by Crippen LogP contribution is -2.11. The van der Waals surface area contributed by atoms with E-state index >= 15 is 0 Å². The Morgan fingerprint density at radius 3 is 1.33 bits per heavy atom. The van der Waals surface area contributed by atoms with Crippen LogP contribution >= 0.6 is 40.9 Å². The van der Waals surface area contributed by atoms with Gasteiger partial charge in [-0.1, -0.05) is 60.7 Å². The molecule has 0 fully saturated rings. The van der Waals surface area contributed by atoms with Crippen molar-refractivity contribution in [2.24, 2.45) is 0 Å². The molecule has 0 aliphatic carbocycles. The van der Waals surface area contributed by atoms with Crippen LogP contribution < -0.4 is 10.6 Å². The summed E-state index contributed by atoms with van der Waals surface area (Å²) >= 11 is 15.7. The summed E-state index contributed by atoms with van der Waals surface area (Å²) in [5, 5.41) is 1.55. The van der Waals surface area contributed by atoms with Crippen LogP contribution in [0.15, 0.2) is 60.7 Å². The van der Waals surface area contributed by atoms with Crippen LogP contribution in [0.25, 0.3) is 0 Å². The van der Waals surface area contributed by atoms with E-state index < -0.39 is 6.49 Å². The van der Waals surface area contributed by atoms with Gasteiger partial charge in [-0.3, -0.25) is 4.57 Å². The van der Waals surface area contributed by atoms with Gasteiger partial charge in [0.1, 0.15) is 0 Å². The summed E-state index contributed by atoms with van der Waals surface area (Å²) in [7, 11) is 0. The van der Waals surface area contributed by atoms with E-state index in [0.717, 1.165) is 0 Å². The highest BCUT2D eigenvalue weighted by Crippen LogP contribution is 2.48. The normalized spacial score (nSPS) is 10.4. The lowest BCUT2D eigenvalue weighted by molar-refractivity contribution is 0.595. The quantitative estimate of drug-likeness (QED) is 0.584. The molecule has 0 saturated carbocycles. The first-order chi connectivity index (χ1) is 8.62. The van der Waals surface area contributed by atoms with E-state index in [1.54, 1.807) is 24.3 Å². The van der Waals surface area contributed by atoms with Crippen molar-refractivity contribution >= 4 is 51.5 Å².